The second-order valence-corrected chi connectivity index (χ2v) is 9.57. The number of rotatable bonds is 4. The highest BCUT2D eigenvalue weighted by molar-refractivity contribution is 5.95. The zero-order chi connectivity index (χ0) is 25.5. The maximum Gasteiger partial charge on any atom is 0.150 e. The summed E-state index contributed by atoms with van der Waals surface area (Å²) in [6.07, 6.45) is 4.54. The third-order valence-electron chi connectivity index (χ3n) is 7.12. The predicted molar refractivity (Wildman–Crippen MR) is 134 cm³/mol. The predicted octanol–water partition coefficient (Wildman–Crippen LogP) is 4.07. The van der Waals surface area contributed by atoms with Gasteiger partial charge in [0.1, 0.15) is 28.8 Å². The Morgan fingerprint density at radius 2 is 1.81 bits per heavy atom. The molecule has 10 heteroatoms. The summed E-state index contributed by atoms with van der Waals surface area (Å²) in [5.41, 5.74) is 2.08. The number of aliphatic hydroxyl groups excluding tert-OH is 2. The van der Waals surface area contributed by atoms with Crippen molar-refractivity contribution in [3.8, 4) is 22.5 Å². The molecule has 2 aliphatic heterocycles. The molecule has 192 valence electrons. The van der Waals surface area contributed by atoms with E-state index < -0.39 is 23.8 Å². The molecule has 2 aromatic carbocycles. The largest absolute Gasteiger partial charge is 0.390 e. The molecule has 2 N–H and O–H groups in total. The lowest BCUT2D eigenvalue weighted by molar-refractivity contribution is -0.0365. The van der Waals surface area contributed by atoms with Gasteiger partial charge in [-0.25, -0.2) is 18.4 Å². The Morgan fingerprint density at radius 1 is 0.973 bits per heavy atom. The van der Waals surface area contributed by atoms with Crippen molar-refractivity contribution in [3.05, 3.63) is 60.4 Å². The van der Waals surface area contributed by atoms with Crippen LogP contribution in [0.4, 0.5) is 14.6 Å². The molecule has 3 unspecified atom stereocenters. The minimum Gasteiger partial charge on any atom is -0.390 e. The number of hydrogen-bond donors (Lipinski definition) is 2. The number of aromatic nitrogens is 4. The summed E-state index contributed by atoms with van der Waals surface area (Å²) < 4.78 is 37.1. The van der Waals surface area contributed by atoms with Crippen LogP contribution >= 0.6 is 0 Å². The Bertz CT molecular complexity index is 1420. The Balaban J connectivity index is 1.48. The van der Waals surface area contributed by atoms with Gasteiger partial charge in [0.2, 0.25) is 0 Å². The van der Waals surface area contributed by atoms with E-state index in [1.54, 1.807) is 24.5 Å². The van der Waals surface area contributed by atoms with Crippen molar-refractivity contribution >= 4 is 16.7 Å². The van der Waals surface area contributed by atoms with Gasteiger partial charge in [0.15, 0.2) is 6.23 Å². The molecule has 4 heterocycles. The molecule has 0 saturated carbocycles. The van der Waals surface area contributed by atoms with Crippen LogP contribution in [0.5, 0.6) is 0 Å². The molecule has 0 radical (unpaired) electrons. The van der Waals surface area contributed by atoms with E-state index in [2.05, 4.69) is 4.98 Å². The van der Waals surface area contributed by atoms with Crippen molar-refractivity contribution in [2.45, 2.75) is 44.1 Å². The topological polar surface area (TPSA) is 96.5 Å². The molecule has 2 fully saturated rings. The third kappa shape index (κ3) is 4.45. The first kappa shape index (κ1) is 23.9. The summed E-state index contributed by atoms with van der Waals surface area (Å²) in [6, 6.07) is 9.05. The maximum absolute atomic E-state index is 14.6. The van der Waals surface area contributed by atoms with Gasteiger partial charge in [-0.1, -0.05) is 12.1 Å². The summed E-state index contributed by atoms with van der Waals surface area (Å²) >= 11 is 0. The quantitative estimate of drug-likeness (QED) is 0.430. The lowest BCUT2D eigenvalue weighted by Crippen LogP contribution is -2.47. The van der Waals surface area contributed by atoms with Crippen LogP contribution in [0.3, 0.4) is 0 Å². The van der Waals surface area contributed by atoms with E-state index in [-0.39, 0.29) is 18.3 Å². The fraction of sp³-hybridized carbons (Fsp3) is 0.370. The first-order chi connectivity index (χ1) is 18.0. The monoisotopic (exact) mass is 507 g/mol. The standard InChI is InChI=1S/C27H27F2N5O3/c28-18-4-3-5-19(29)26(18)16-7-8-21-17(12-16)27(32-34(21)25-6-1-2-11-37-25)20-13-30-14-24(31-20)33-10-9-22(35)23(36)15-33/h3-5,7-8,12-14,22-23,25,35-36H,1-2,6,9-11,15H2. The first-order valence-corrected chi connectivity index (χ1v) is 12.5. The van der Waals surface area contributed by atoms with Crippen molar-refractivity contribution in [1.29, 1.82) is 0 Å². The van der Waals surface area contributed by atoms with Crippen molar-refractivity contribution < 1.29 is 23.7 Å². The Kier molecular flexibility index (Phi) is 6.31. The van der Waals surface area contributed by atoms with Crippen molar-refractivity contribution in [2.24, 2.45) is 0 Å². The second kappa shape index (κ2) is 9.77. The van der Waals surface area contributed by atoms with Crippen molar-refractivity contribution in [1.82, 2.24) is 19.7 Å². The molecule has 3 atom stereocenters. The highest BCUT2D eigenvalue weighted by Crippen LogP contribution is 2.36. The van der Waals surface area contributed by atoms with E-state index >= 15 is 0 Å². The number of piperidine rings is 1. The number of ether oxygens (including phenoxy) is 1. The summed E-state index contributed by atoms with van der Waals surface area (Å²) in [5, 5.41) is 25.6. The molecule has 2 saturated heterocycles. The number of fused-ring (bicyclic) bond motifs is 1. The molecule has 0 aliphatic carbocycles. The van der Waals surface area contributed by atoms with Crippen molar-refractivity contribution in [3.63, 3.8) is 0 Å². The highest BCUT2D eigenvalue weighted by Gasteiger charge is 2.28. The van der Waals surface area contributed by atoms with Gasteiger partial charge in [0, 0.05) is 25.1 Å². The van der Waals surface area contributed by atoms with Crippen LogP contribution in [-0.4, -0.2) is 61.9 Å². The van der Waals surface area contributed by atoms with E-state index in [1.165, 1.54) is 18.2 Å². The van der Waals surface area contributed by atoms with Gasteiger partial charge in [-0.05, 0) is 55.5 Å². The number of nitrogens with zero attached hydrogens (tertiary/aromatic N) is 5. The smallest absolute Gasteiger partial charge is 0.150 e. The molecule has 0 spiro atoms. The SMILES string of the molecule is OC1CCN(c2cncc(-c3nn(C4CCCCO4)c4ccc(-c5c(F)cccc5F)cc34)n2)CC1O. The Morgan fingerprint density at radius 3 is 2.57 bits per heavy atom. The average molecular weight is 508 g/mol. The number of halogens is 2. The number of aliphatic hydroxyl groups is 2. The van der Waals surface area contributed by atoms with Crippen LogP contribution in [0.25, 0.3) is 33.4 Å². The van der Waals surface area contributed by atoms with Gasteiger partial charge in [-0.2, -0.15) is 5.10 Å². The zero-order valence-corrected chi connectivity index (χ0v) is 20.1. The molecule has 8 nitrogen and oxygen atoms in total. The second-order valence-electron chi connectivity index (χ2n) is 9.57. The van der Waals surface area contributed by atoms with E-state index in [1.807, 2.05) is 15.6 Å². The summed E-state index contributed by atoms with van der Waals surface area (Å²) in [7, 11) is 0. The van der Waals surface area contributed by atoms with E-state index in [9.17, 15) is 19.0 Å². The van der Waals surface area contributed by atoms with Crippen LogP contribution in [0.2, 0.25) is 0 Å². The average Bonchev–Trinajstić information content (AvgIpc) is 3.30. The fourth-order valence-corrected chi connectivity index (χ4v) is 5.14. The minimum absolute atomic E-state index is 0.0993. The van der Waals surface area contributed by atoms with Crippen LogP contribution in [-0.2, 0) is 4.74 Å². The molecular weight excluding hydrogens is 480 g/mol. The maximum atomic E-state index is 14.6. The van der Waals surface area contributed by atoms with E-state index in [0.29, 0.717) is 47.7 Å². The molecule has 0 bridgehead atoms. The summed E-state index contributed by atoms with van der Waals surface area (Å²) in [5.74, 6) is -0.732. The molecule has 37 heavy (non-hydrogen) atoms. The van der Waals surface area contributed by atoms with Crippen LogP contribution < -0.4 is 4.90 Å². The first-order valence-electron chi connectivity index (χ1n) is 12.5. The van der Waals surface area contributed by atoms with E-state index in [0.717, 1.165) is 24.8 Å². The van der Waals surface area contributed by atoms with Gasteiger partial charge in [-0.3, -0.25) is 4.98 Å². The lowest BCUT2D eigenvalue weighted by Gasteiger charge is -2.34. The molecule has 4 aromatic rings. The van der Waals surface area contributed by atoms with Crippen LogP contribution in [0.15, 0.2) is 48.8 Å². The van der Waals surface area contributed by atoms with Crippen molar-refractivity contribution in [2.75, 3.05) is 24.6 Å². The summed E-state index contributed by atoms with van der Waals surface area (Å²) in [4.78, 5) is 11.0. The highest BCUT2D eigenvalue weighted by atomic mass is 19.1. The number of β-amino-alcohol motifs (C(OH)–C–C–N with tert-alkyl or cyclic N) is 1. The minimum atomic E-state index is -0.874. The number of hydrogen-bond acceptors (Lipinski definition) is 7. The zero-order valence-electron chi connectivity index (χ0n) is 20.1. The summed E-state index contributed by atoms with van der Waals surface area (Å²) in [6.45, 7) is 1.40. The normalized spacial score (nSPS) is 22.5. The van der Waals surface area contributed by atoms with Crippen LogP contribution in [0, 0.1) is 11.6 Å². The molecule has 2 aliphatic rings. The Hall–Kier alpha value is -3.47. The molecule has 2 aromatic heterocycles. The van der Waals surface area contributed by atoms with Gasteiger partial charge in [-0.15, -0.1) is 0 Å². The van der Waals surface area contributed by atoms with Crippen LogP contribution in [0.1, 0.15) is 31.9 Å². The van der Waals surface area contributed by atoms with Gasteiger partial charge in [0.05, 0.1) is 35.7 Å². The molecular formula is C27H27F2N5O3. The fourth-order valence-electron chi connectivity index (χ4n) is 5.14. The number of anilines is 1. The van der Waals surface area contributed by atoms with Gasteiger partial charge >= 0.3 is 0 Å². The molecule has 6 rings (SSSR count). The van der Waals surface area contributed by atoms with Gasteiger partial charge < -0.3 is 19.8 Å². The Labute approximate surface area is 212 Å². The third-order valence-corrected chi connectivity index (χ3v) is 7.12. The number of benzene rings is 2. The molecule has 0 amide bonds. The van der Waals surface area contributed by atoms with Gasteiger partial charge in [0.25, 0.3) is 0 Å². The lowest BCUT2D eigenvalue weighted by atomic mass is 10.0. The van der Waals surface area contributed by atoms with E-state index in [4.69, 9.17) is 14.8 Å².